The molecular formula is C20H26BrN7O. The molecule has 29 heavy (non-hydrogen) atoms. The Morgan fingerprint density at radius 1 is 0.793 bits per heavy atom. The maximum absolute atomic E-state index is 12.4. The lowest BCUT2D eigenvalue weighted by molar-refractivity contribution is 0.0962. The minimum Gasteiger partial charge on any atom is -0.341 e. The summed E-state index contributed by atoms with van der Waals surface area (Å²) in [5.41, 5.74) is 6.15. The molecule has 1 aromatic heterocycles. The van der Waals surface area contributed by atoms with Crippen LogP contribution in [0.15, 0.2) is 28.7 Å². The van der Waals surface area contributed by atoms with Gasteiger partial charge in [-0.25, -0.2) is 0 Å². The number of hydrazine groups is 1. The molecule has 2 aliphatic rings. The molecular weight excluding hydrogens is 434 g/mol. The van der Waals surface area contributed by atoms with Gasteiger partial charge in [-0.2, -0.15) is 15.0 Å². The Kier molecular flexibility index (Phi) is 6.43. The Morgan fingerprint density at radius 3 is 1.83 bits per heavy atom. The molecule has 0 saturated carbocycles. The summed E-state index contributed by atoms with van der Waals surface area (Å²) in [4.78, 5) is 30.7. The predicted octanol–water partition coefficient (Wildman–Crippen LogP) is 3.37. The van der Waals surface area contributed by atoms with E-state index in [0.717, 1.165) is 56.3 Å². The highest BCUT2D eigenvalue weighted by atomic mass is 79.9. The van der Waals surface area contributed by atoms with Crippen LogP contribution >= 0.6 is 15.9 Å². The van der Waals surface area contributed by atoms with E-state index < -0.39 is 0 Å². The van der Waals surface area contributed by atoms with Gasteiger partial charge in [0.25, 0.3) is 5.91 Å². The van der Waals surface area contributed by atoms with Crippen LogP contribution in [0.3, 0.4) is 0 Å². The molecule has 3 heterocycles. The maximum Gasteiger partial charge on any atom is 0.269 e. The molecule has 154 valence electrons. The monoisotopic (exact) mass is 459 g/mol. The fourth-order valence-corrected chi connectivity index (χ4v) is 3.93. The molecule has 0 atom stereocenters. The molecule has 0 aliphatic carbocycles. The van der Waals surface area contributed by atoms with Gasteiger partial charge < -0.3 is 9.80 Å². The van der Waals surface area contributed by atoms with Crippen LogP contribution in [0.25, 0.3) is 0 Å². The second-order valence-corrected chi connectivity index (χ2v) is 8.36. The zero-order valence-corrected chi connectivity index (χ0v) is 18.0. The summed E-state index contributed by atoms with van der Waals surface area (Å²) >= 11 is 3.38. The third-order valence-corrected chi connectivity index (χ3v) is 5.81. The molecule has 1 amide bonds. The van der Waals surface area contributed by atoms with Gasteiger partial charge in [0.15, 0.2) is 0 Å². The number of halogens is 1. The lowest BCUT2D eigenvalue weighted by atomic mass is 10.1. The molecule has 2 fully saturated rings. The number of hydrogen-bond acceptors (Lipinski definition) is 7. The average molecular weight is 460 g/mol. The summed E-state index contributed by atoms with van der Waals surface area (Å²) in [5, 5.41) is 0. The van der Waals surface area contributed by atoms with E-state index >= 15 is 0 Å². The van der Waals surface area contributed by atoms with Crippen molar-refractivity contribution in [2.45, 2.75) is 38.5 Å². The Bertz CT molecular complexity index is 797. The number of nitrogens with one attached hydrogen (secondary N) is 2. The number of carbonyl (C=O) groups is 1. The summed E-state index contributed by atoms with van der Waals surface area (Å²) in [6, 6.07) is 7.18. The summed E-state index contributed by atoms with van der Waals surface area (Å²) in [6.45, 7) is 3.81. The Balaban J connectivity index is 1.52. The van der Waals surface area contributed by atoms with E-state index in [4.69, 9.17) is 4.98 Å². The second-order valence-electron chi connectivity index (χ2n) is 7.44. The number of aromatic nitrogens is 3. The largest absolute Gasteiger partial charge is 0.341 e. The van der Waals surface area contributed by atoms with E-state index in [1.165, 1.54) is 12.8 Å². The molecule has 0 unspecified atom stereocenters. The standard InChI is InChI=1S/C20H26BrN7O/c21-16-9-7-15(8-10-16)17(29)25-26-18-22-19(27-11-3-1-4-12-27)24-20(23-18)28-13-5-2-6-14-28/h7-10H,1-6,11-14H2,(H,25,29)(H,22,23,24,26). The lowest BCUT2D eigenvalue weighted by Crippen LogP contribution is -2.36. The van der Waals surface area contributed by atoms with E-state index in [2.05, 4.69) is 46.5 Å². The number of anilines is 3. The van der Waals surface area contributed by atoms with Crippen LogP contribution in [0.2, 0.25) is 0 Å². The SMILES string of the molecule is O=C(NNc1nc(N2CCCCC2)nc(N2CCCCC2)n1)c1ccc(Br)cc1. The smallest absolute Gasteiger partial charge is 0.269 e. The molecule has 0 bridgehead atoms. The van der Waals surface area contributed by atoms with Crippen molar-refractivity contribution in [3.8, 4) is 0 Å². The van der Waals surface area contributed by atoms with Gasteiger partial charge in [-0.15, -0.1) is 0 Å². The first kappa shape index (κ1) is 19.9. The van der Waals surface area contributed by atoms with Crippen LogP contribution in [0.1, 0.15) is 48.9 Å². The first-order valence-corrected chi connectivity index (χ1v) is 11.1. The molecule has 2 aromatic rings. The van der Waals surface area contributed by atoms with Crippen LogP contribution in [0.5, 0.6) is 0 Å². The molecule has 8 nitrogen and oxygen atoms in total. The Hall–Kier alpha value is -2.42. The molecule has 1 aromatic carbocycles. The van der Waals surface area contributed by atoms with Crippen molar-refractivity contribution in [2.75, 3.05) is 41.4 Å². The third-order valence-electron chi connectivity index (χ3n) is 5.28. The number of carbonyl (C=O) groups excluding carboxylic acids is 1. The molecule has 0 spiro atoms. The van der Waals surface area contributed by atoms with Crippen molar-refractivity contribution < 1.29 is 4.79 Å². The van der Waals surface area contributed by atoms with Crippen molar-refractivity contribution in [1.82, 2.24) is 20.4 Å². The highest BCUT2D eigenvalue weighted by Crippen LogP contribution is 2.22. The van der Waals surface area contributed by atoms with Crippen LogP contribution in [-0.2, 0) is 0 Å². The van der Waals surface area contributed by atoms with Crippen molar-refractivity contribution in [3.63, 3.8) is 0 Å². The summed E-state index contributed by atoms with van der Waals surface area (Å²) in [5.74, 6) is 1.49. The van der Waals surface area contributed by atoms with E-state index in [1.807, 2.05) is 12.1 Å². The maximum atomic E-state index is 12.4. The predicted molar refractivity (Wildman–Crippen MR) is 117 cm³/mol. The van der Waals surface area contributed by atoms with Crippen LogP contribution in [-0.4, -0.2) is 47.0 Å². The zero-order chi connectivity index (χ0) is 20.1. The fraction of sp³-hybridized carbons (Fsp3) is 0.500. The first-order chi connectivity index (χ1) is 14.2. The minimum atomic E-state index is -0.239. The van der Waals surface area contributed by atoms with Gasteiger partial charge in [0, 0.05) is 36.2 Å². The van der Waals surface area contributed by atoms with Gasteiger partial charge in [0.2, 0.25) is 17.8 Å². The number of benzene rings is 1. The van der Waals surface area contributed by atoms with E-state index in [9.17, 15) is 4.79 Å². The minimum absolute atomic E-state index is 0.239. The summed E-state index contributed by atoms with van der Waals surface area (Å²) in [6.07, 6.45) is 7.08. The molecule has 9 heteroatoms. The first-order valence-electron chi connectivity index (χ1n) is 10.3. The van der Waals surface area contributed by atoms with Gasteiger partial charge >= 0.3 is 0 Å². The molecule has 2 saturated heterocycles. The highest BCUT2D eigenvalue weighted by Gasteiger charge is 2.20. The van der Waals surface area contributed by atoms with Crippen molar-refractivity contribution >= 4 is 39.7 Å². The zero-order valence-electron chi connectivity index (χ0n) is 16.4. The molecule has 4 rings (SSSR count). The van der Waals surface area contributed by atoms with Gasteiger partial charge in [-0.1, -0.05) is 15.9 Å². The van der Waals surface area contributed by atoms with Crippen LogP contribution in [0, 0.1) is 0 Å². The topological polar surface area (TPSA) is 86.3 Å². The molecule has 2 aliphatic heterocycles. The number of rotatable bonds is 5. The van der Waals surface area contributed by atoms with E-state index in [1.54, 1.807) is 12.1 Å². The third kappa shape index (κ3) is 5.14. The normalized spacial score (nSPS) is 17.1. The fourth-order valence-electron chi connectivity index (χ4n) is 3.67. The van der Waals surface area contributed by atoms with Crippen molar-refractivity contribution in [3.05, 3.63) is 34.3 Å². The van der Waals surface area contributed by atoms with Gasteiger partial charge in [0.05, 0.1) is 0 Å². The number of hydrogen-bond donors (Lipinski definition) is 2. The molecule has 2 N–H and O–H groups in total. The van der Waals surface area contributed by atoms with E-state index in [0.29, 0.717) is 23.4 Å². The Morgan fingerprint density at radius 2 is 1.31 bits per heavy atom. The lowest BCUT2D eigenvalue weighted by Gasteiger charge is -2.30. The number of amides is 1. The summed E-state index contributed by atoms with van der Waals surface area (Å²) in [7, 11) is 0. The average Bonchev–Trinajstić information content (AvgIpc) is 2.79. The van der Waals surface area contributed by atoms with Gasteiger partial charge in [-0.3, -0.25) is 15.6 Å². The quantitative estimate of drug-likeness (QED) is 0.662. The second kappa shape index (κ2) is 9.39. The highest BCUT2D eigenvalue weighted by molar-refractivity contribution is 9.10. The molecule has 0 radical (unpaired) electrons. The van der Waals surface area contributed by atoms with Gasteiger partial charge in [0.1, 0.15) is 0 Å². The number of piperidine rings is 2. The van der Waals surface area contributed by atoms with Gasteiger partial charge in [-0.05, 0) is 62.8 Å². The summed E-state index contributed by atoms with van der Waals surface area (Å²) < 4.78 is 0.928. The van der Waals surface area contributed by atoms with E-state index in [-0.39, 0.29) is 5.91 Å². The van der Waals surface area contributed by atoms with Crippen LogP contribution in [0.4, 0.5) is 17.8 Å². The Labute approximate surface area is 179 Å². The van der Waals surface area contributed by atoms with Crippen LogP contribution < -0.4 is 20.7 Å². The van der Waals surface area contributed by atoms with Crippen molar-refractivity contribution in [2.24, 2.45) is 0 Å². The number of nitrogens with zero attached hydrogens (tertiary/aromatic N) is 5. The van der Waals surface area contributed by atoms with Crippen molar-refractivity contribution in [1.29, 1.82) is 0 Å².